The van der Waals surface area contributed by atoms with Gasteiger partial charge in [-0.1, -0.05) is 0 Å². The molecule has 10 heavy (non-hydrogen) atoms. The molecule has 0 bridgehead atoms. The van der Waals surface area contributed by atoms with Crippen LogP contribution in [0.2, 0.25) is 0 Å². The van der Waals surface area contributed by atoms with Crippen LogP contribution in [-0.2, 0) is 30.0 Å². The maximum atomic E-state index is 8.89. The van der Waals surface area contributed by atoms with Gasteiger partial charge in [-0.25, -0.2) is 0 Å². The van der Waals surface area contributed by atoms with E-state index in [1.807, 2.05) is 0 Å². The van der Waals surface area contributed by atoms with E-state index in [4.69, 9.17) is 19.8 Å². The topological polar surface area (TPSA) is 112 Å². The minimum Gasteiger partial charge on any atom is -0.550 e. The van der Waals surface area contributed by atoms with E-state index in [0.717, 1.165) is 13.8 Å². The molecule has 0 aliphatic heterocycles. The number of carboxylic acid groups (broad SMARTS) is 2. The maximum absolute atomic E-state index is 8.89. The average Bonchev–Trinajstić information content (AvgIpc) is 1.25. The maximum Gasteiger partial charge on any atom is 2.00 e. The first kappa shape index (κ1) is 22.7. The molecule has 6 heteroatoms. The molecule has 0 rings (SSSR count). The van der Waals surface area contributed by atoms with Gasteiger partial charge in [0.1, 0.15) is 0 Å². The summed E-state index contributed by atoms with van der Waals surface area (Å²) in [5, 5.41) is 17.8. The van der Waals surface area contributed by atoms with E-state index in [9.17, 15) is 0 Å². The van der Waals surface area contributed by atoms with E-state index in [1.165, 1.54) is 0 Å². The van der Waals surface area contributed by atoms with Gasteiger partial charge in [-0.05, 0) is 13.8 Å². The molecule has 0 aromatic carbocycles. The fourth-order valence-electron chi connectivity index (χ4n) is 0. The first-order chi connectivity index (χ1) is 3.46. The standard InChI is InChI=1S/2C2H4O2.H2O.Pd/c2*1-2(3)4;;/h2*1H3,(H,3,4);1H2;/q;;;+2/p-2. The van der Waals surface area contributed by atoms with Crippen molar-refractivity contribution in [1.29, 1.82) is 0 Å². The summed E-state index contributed by atoms with van der Waals surface area (Å²) in [6, 6.07) is 0. The molecular weight excluding hydrogens is 234 g/mol. The van der Waals surface area contributed by atoms with Gasteiger partial charge < -0.3 is 25.3 Å². The number of carbonyl (C=O) groups is 2. The van der Waals surface area contributed by atoms with Crippen molar-refractivity contribution in [3.05, 3.63) is 0 Å². The van der Waals surface area contributed by atoms with E-state index in [0.29, 0.717) is 0 Å². The molecule has 0 radical (unpaired) electrons. The Labute approximate surface area is 72.0 Å². The van der Waals surface area contributed by atoms with E-state index >= 15 is 0 Å². The van der Waals surface area contributed by atoms with Gasteiger partial charge in [0.2, 0.25) is 0 Å². The van der Waals surface area contributed by atoms with E-state index in [-0.39, 0.29) is 25.9 Å². The summed E-state index contributed by atoms with van der Waals surface area (Å²) >= 11 is 0. The van der Waals surface area contributed by atoms with Gasteiger partial charge in [0.15, 0.2) is 0 Å². The second kappa shape index (κ2) is 15.8. The summed E-state index contributed by atoms with van der Waals surface area (Å²) in [5.74, 6) is -2.17. The van der Waals surface area contributed by atoms with Crippen molar-refractivity contribution in [2.45, 2.75) is 13.8 Å². The fraction of sp³-hybridized carbons (Fsp3) is 0.500. The third-order valence-electron chi connectivity index (χ3n) is 0. The molecule has 0 aliphatic rings. The summed E-state index contributed by atoms with van der Waals surface area (Å²) < 4.78 is 0. The van der Waals surface area contributed by atoms with Gasteiger partial charge in [0.05, 0.1) is 0 Å². The number of carboxylic acids is 2. The summed E-state index contributed by atoms with van der Waals surface area (Å²) in [4.78, 5) is 17.8. The molecule has 0 unspecified atom stereocenters. The van der Waals surface area contributed by atoms with Crippen LogP contribution in [0.3, 0.4) is 0 Å². The zero-order valence-corrected chi connectivity index (χ0v) is 7.00. The molecular formula is C4H8O5Pd. The predicted molar refractivity (Wildman–Crippen MR) is 25.0 cm³/mol. The van der Waals surface area contributed by atoms with Gasteiger partial charge in [0.25, 0.3) is 0 Å². The average molecular weight is 243 g/mol. The SMILES string of the molecule is CC(=O)[O-].CC(=O)[O-].O.[Pd+2]. The summed E-state index contributed by atoms with van der Waals surface area (Å²) in [6.45, 7) is 1.94. The number of hydrogen-bond donors (Lipinski definition) is 0. The van der Waals surface area contributed by atoms with E-state index in [1.54, 1.807) is 0 Å². The summed E-state index contributed by atoms with van der Waals surface area (Å²) in [6.07, 6.45) is 0. The molecule has 0 saturated carbocycles. The predicted octanol–water partition coefficient (Wildman–Crippen LogP) is -3.31. The van der Waals surface area contributed by atoms with Crippen LogP contribution in [0.25, 0.3) is 0 Å². The molecule has 5 nitrogen and oxygen atoms in total. The Morgan fingerprint density at radius 2 is 1.00 bits per heavy atom. The number of rotatable bonds is 0. The van der Waals surface area contributed by atoms with Crippen molar-refractivity contribution in [2.24, 2.45) is 0 Å². The second-order valence-corrected chi connectivity index (χ2v) is 0.983. The molecule has 0 aliphatic carbocycles. The molecule has 0 spiro atoms. The number of hydrogen-bond acceptors (Lipinski definition) is 4. The molecule has 0 aromatic rings. The first-order valence-corrected chi connectivity index (χ1v) is 1.82. The Balaban J connectivity index is -0.0000000300. The van der Waals surface area contributed by atoms with Crippen LogP contribution in [-0.4, -0.2) is 17.4 Å². The molecule has 0 saturated heterocycles. The Morgan fingerprint density at radius 1 is 1.00 bits per heavy atom. The molecule has 64 valence electrons. The quantitative estimate of drug-likeness (QED) is 0.414. The minimum absolute atomic E-state index is 0. The van der Waals surface area contributed by atoms with Gasteiger partial charge in [-0.2, -0.15) is 0 Å². The van der Waals surface area contributed by atoms with Crippen LogP contribution in [0.4, 0.5) is 0 Å². The number of carbonyl (C=O) groups excluding carboxylic acids is 2. The van der Waals surface area contributed by atoms with Crippen molar-refractivity contribution in [3.8, 4) is 0 Å². The van der Waals surface area contributed by atoms with Crippen LogP contribution in [0.5, 0.6) is 0 Å². The third kappa shape index (κ3) is 1700. The molecule has 0 atom stereocenters. The van der Waals surface area contributed by atoms with Crippen molar-refractivity contribution in [1.82, 2.24) is 0 Å². The second-order valence-electron chi connectivity index (χ2n) is 0.983. The van der Waals surface area contributed by atoms with Gasteiger partial charge in [-0.3, -0.25) is 0 Å². The molecule has 0 fully saturated rings. The summed E-state index contributed by atoms with van der Waals surface area (Å²) in [7, 11) is 0. The zero-order chi connectivity index (χ0) is 7.15. The normalized spacial score (nSPS) is 5.00. The van der Waals surface area contributed by atoms with Crippen LogP contribution < -0.4 is 10.2 Å². The monoisotopic (exact) mass is 242 g/mol. The van der Waals surface area contributed by atoms with Crippen molar-refractivity contribution < 1.29 is 45.7 Å². The smallest absolute Gasteiger partial charge is 0.550 e. The van der Waals surface area contributed by atoms with Crippen molar-refractivity contribution >= 4 is 11.9 Å². The Bertz CT molecular complexity index is 71.6. The first-order valence-electron chi connectivity index (χ1n) is 1.82. The zero-order valence-electron chi connectivity index (χ0n) is 5.45. The van der Waals surface area contributed by atoms with Crippen molar-refractivity contribution in [2.75, 3.05) is 0 Å². The van der Waals surface area contributed by atoms with Gasteiger partial charge >= 0.3 is 20.4 Å². The van der Waals surface area contributed by atoms with Crippen LogP contribution >= 0.6 is 0 Å². The van der Waals surface area contributed by atoms with Crippen LogP contribution in [0, 0.1) is 0 Å². The largest absolute Gasteiger partial charge is 2.00 e. The minimum atomic E-state index is -1.08. The number of aliphatic carboxylic acids is 2. The molecule has 0 aromatic heterocycles. The van der Waals surface area contributed by atoms with E-state index in [2.05, 4.69) is 0 Å². The molecule has 2 N–H and O–H groups in total. The third-order valence-corrected chi connectivity index (χ3v) is 0. The van der Waals surface area contributed by atoms with Crippen LogP contribution in [0.1, 0.15) is 13.8 Å². The Hall–Kier alpha value is -0.438. The van der Waals surface area contributed by atoms with Gasteiger partial charge in [0, 0.05) is 11.9 Å². The van der Waals surface area contributed by atoms with Crippen molar-refractivity contribution in [3.63, 3.8) is 0 Å². The Morgan fingerprint density at radius 3 is 1.00 bits per heavy atom. The molecule has 0 heterocycles. The fourth-order valence-corrected chi connectivity index (χ4v) is 0. The van der Waals surface area contributed by atoms with Crippen LogP contribution in [0.15, 0.2) is 0 Å². The van der Waals surface area contributed by atoms with E-state index < -0.39 is 11.9 Å². The molecule has 0 amide bonds. The summed E-state index contributed by atoms with van der Waals surface area (Å²) in [5.41, 5.74) is 0. The Kier molecular flexibility index (Phi) is 35.9. The van der Waals surface area contributed by atoms with Gasteiger partial charge in [-0.15, -0.1) is 0 Å².